The van der Waals surface area contributed by atoms with Crippen LogP contribution in [0.25, 0.3) is 0 Å². The molecule has 0 aromatic rings. The number of carbonyl (C=O) groups is 10. The Morgan fingerprint density at radius 3 is 1.08 bits per heavy atom. The Balaban J connectivity index is 1.40. The van der Waals surface area contributed by atoms with Gasteiger partial charge in [-0.1, -0.05) is 12.2 Å². The lowest BCUT2D eigenvalue weighted by Gasteiger charge is -2.46. The number of hydrogen-bond acceptors (Lipinski definition) is 26. The van der Waals surface area contributed by atoms with Crippen LogP contribution in [0.5, 0.6) is 0 Å². The summed E-state index contributed by atoms with van der Waals surface area (Å²) in [5.74, 6) is -12.1. The van der Waals surface area contributed by atoms with Gasteiger partial charge in [0.25, 0.3) is 0 Å². The first kappa shape index (κ1) is 58.0. The van der Waals surface area contributed by atoms with Crippen molar-refractivity contribution in [3.8, 4) is 0 Å². The Hall–Kier alpha value is -6.90. The molecule has 0 aliphatic carbocycles. The lowest BCUT2D eigenvalue weighted by Crippen LogP contribution is -2.63. The molecule has 16 atom stereocenters. The van der Waals surface area contributed by atoms with E-state index in [1.807, 2.05) is 0 Å². The molecule has 0 unspecified atom stereocenters. The Morgan fingerprint density at radius 2 is 0.784 bits per heavy atom. The van der Waals surface area contributed by atoms with Gasteiger partial charge in [-0.15, -0.1) is 13.2 Å². The van der Waals surface area contributed by atoms with E-state index in [0.717, 1.165) is 67.9 Å². The van der Waals surface area contributed by atoms with Crippen LogP contribution < -0.4 is 0 Å². The highest BCUT2D eigenvalue weighted by molar-refractivity contribution is 5.90. The van der Waals surface area contributed by atoms with Crippen LogP contribution in [0.4, 0.5) is 0 Å². The highest BCUT2D eigenvalue weighted by Gasteiger charge is 2.56. The van der Waals surface area contributed by atoms with Crippen molar-refractivity contribution in [2.45, 2.75) is 142 Å². The molecular formula is C48H60O26. The monoisotopic (exact) mass is 1050 g/mol. The van der Waals surface area contributed by atoms with Crippen LogP contribution in [0.2, 0.25) is 0 Å². The second-order valence-corrected chi connectivity index (χ2v) is 17.3. The van der Waals surface area contributed by atoms with Gasteiger partial charge in [-0.05, 0) is 12.8 Å². The van der Waals surface area contributed by atoms with Crippen molar-refractivity contribution in [3.63, 3.8) is 0 Å². The van der Waals surface area contributed by atoms with E-state index in [1.165, 1.54) is 12.2 Å². The maximum Gasteiger partial charge on any atom is 0.337 e. The molecule has 3 saturated heterocycles. The zero-order chi connectivity index (χ0) is 54.6. The van der Waals surface area contributed by atoms with Gasteiger partial charge in [0.1, 0.15) is 25.4 Å². The molecule has 0 amide bonds. The van der Waals surface area contributed by atoms with Crippen molar-refractivity contribution in [1.29, 1.82) is 0 Å². The number of ether oxygens (including phenoxy) is 16. The second-order valence-electron chi connectivity index (χ2n) is 17.3. The minimum absolute atomic E-state index is 0.0270. The molecule has 0 bridgehead atoms. The predicted octanol–water partition coefficient (Wildman–Crippen LogP) is 1.38. The molecule has 26 heteroatoms. The number of esters is 10. The molecule has 3 fully saturated rings. The zero-order valence-corrected chi connectivity index (χ0v) is 41.8. The van der Waals surface area contributed by atoms with E-state index in [9.17, 15) is 47.9 Å². The van der Waals surface area contributed by atoms with Crippen molar-refractivity contribution < 1.29 is 124 Å². The molecule has 0 aromatic heterocycles. The maximum atomic E-state index is 14.0. The molecule has 0 radical (unpaired) electrons. The summed E-state index contributed by atoms with van der Waals surface area (Å²) in [7, 11) is 0. The van der Waals surface area contributed by atoms with Crippen LogP contribution in [-0.2, 0) is 124 Å². The third-order valence-electron chi connectivity index (χ3n) is 11.8. The van der Waals surface area contributed by atoms with Gasteiger partial charge in [-0.3, -0.25) is 38.4 Å². The Kier molecular flexibility index (Phi) is 20.7. The molecular weight excluding hydrogens is 993 g/mol. The molecule has 5 aliphatic heterocycles. The first-order valence-electron chi connectivity index (χ1n) is 23.3. The molecule has 408 valence electrons. The predicted molar refractivity (Wildman–Crippen MR) is 237 cm³/mol. The van der Waals surface area contributed by atoms with Gasteiger partial charge in [-0.25, -0.2) is 9.59 Å². The fourth-order valence-corrected chi connectivity index (χ4v) is 8.91. The average Bonchev–Trinajstić information content (AvgIpc) is 3.30. The van der Waals surface area contributed by atoms with Gasteiger partial charge >= 0.3 is 59.7 Å². The fourth-order valence-electron chi connectivity index (χ4n) is 8.91. The molecule has 26 nitrogen and oxygen atoms in total. The van der Waals surface area contributed by atoms with Gasteiger partial charge in [0.05, 0.1) is 36.9 Å². The van der Waals surface area contributed by atoms with E-state index >= 15 is 0 Å². The van der Waals surface area contributed by atoms with Crippen LogP contribution in [0.1, 0.15) is 68.2 Å². The standard InChI is InChI=1S/C48H60O26/c1-11-29-31-13-15-59-44(58)34-18-64-46(74-48-42(70-28(10)56)40(68-26(8)54)38(66-24(6)52)36(72-48)20-62-22(4)50)30(12-2)32(34)14-16-60-43(57)33(31)17-63-45(29)73-47-41(69-27(9)55)39(67-25(7)53)37(65-23(5)51)35(71-47)19-61-21(3)49/h11-12,17-18,29-32,35-42,45-48H,1-2,13-16,19-20H2,3-10H3/t29-,30-,31+,32+,35-,36-,37-,38-,39+,40+,41-,42-,45+,46+,47+,48+/m1/s1. The number of rotatable bonds is 16. The normalized spacial score (nSPS) is 32.9. The topological polar surface area (TPSA) is 318 Å². The van der Waals surface area contributed by atoms with Gasteiger partial charge < -0.3 is 75.8 Å². The van der Waals surface area contributed by atoms with Crippen LogP contribution >= 0.6 is 0 Å². The van der Waals surface area contributed by atoms with E-state index in [4.69, 9.17) is 75.8 Å². The highest BCUT2D eigenvalue weighted by Crippen LogP contribution is 2.41. The summed E-state index contributed by atoms with van der Waals surface area (Å²) in [4.78, 5) is 126. The van der Waals surface area contributed by atoms with Gasteiger partial charge in [0, 0.05) is 79.1 Å². The first-order chi connectivity index (χ1) is 35.0. The maximum absolute atomic E-state index is 14.0. The van der Waals surface area contributed by atoms with E-state index in [2.05, 4.69) is 13.2 Å². The highest BCUT2D eigenvalue weighted by atomic mass is 16.8. The zero-order valence-electron chi connectivity index (χ0n) is 41.8. The number of hydrogen-bond donors (Lipinski definition) is 0. The van der Waals surface area contributed by atoms with E-state index < -0.39 is 171 Å². The second kappa shape index (κ2) is 26.4. The van der Waals surface area contributed by atoms with Crippen molar-refractivity contribution >= 4 is 59.7 Å². The van der Waals surface area contributed by atoms with E-state index in [1.54, 1.807) is 0 Å². The lowest BCUT2D eigenvalue weighted by molar-refractivity contribution is -0.342. The van der Waals surface area contributed by atoms with Crippen LogP contribution in [0, 0.1) is 23.7 Å². The summed E-state index contributed by atoms with van der Waals surface area (Å²) < 4.78 is 91.4. The largest absolute Gasteiger partial charge is 0.471 e. The summed E-state index contributed by atoms with van der Waals surface area (Å²) in [6.07, 6.45) is -13.5. The van der Waals surface area contributed by atoms with Crippen LogP contribution in [0.3, 0.4) is 0 Å². The Labute approximate surface area is 424 Å². The quantitative estimate of drug-likeness (QED) is 0.120. The van der Waals surface area contributed by atoms with Gasteiger partial charge in [0.15, 0.2) is 36.6 Å². The minimum Gasteiger partial charge on any atom is -0.471 e. The number of cyclic esters (lactones) is 2. The van der Waals surface area contributed by atoms with E-state index in [-0.39, 0.29) is 37.2 Å². The first-order valence-corrected chi connectivity index (χ1v) is 23.3. The minimum atomic E-state index is -1.68. The Bertz CT molecular complexity index is 2060. The third-order valence-corrected chi connectivity index (χ3v) is 11.8. The van der Waals surface area contributed by atoms with E-state index in [0.29, 0.717) is 0 Å². The molecule has 0 N–H and O–H groups in total. The van der Waals surface area contributed by atoms with Crippen molar-refractivity contribution in [1.82, 2.24) is 0 Å². The Morgan fingerprint density at radius 1 is 0.473 bits per heavy atom. The molecule has 5 rings (SSSR count). The summed E-state index contributed by atoms with van der Waals surface area (Å²) in [6.45, 7) is 14.7. The van der Waals surface area contributed by atoms with Crippen LogP contribution in [0.15, 0.2) is 49.0 Å². The molecule has 74 heavy (non-hydrogen) atoms. The molecule has 0 spiro atoms. The molecule has 5 heterocycles. The summed E-state index contributed by atoms with van der Waals surface area (Å²) in [5, 5.41) is 0. The molecule has 5 aliphatic rings. The van der Waals surface area contributed by atoms with Crippen molar-refractivity contribution in [2.24, 2.45) is 23.7 Å². The smallest absolute Gasteiger partial charge is 0.337 e. The van der Waals surface area contributed by atoms with Crippen molar-refractivity contribution in [3.05, 3.63) is 49.0 Å². The summed E-state index contributed by atoms with van der Waals surface area (Å²) in [5.41, 5.74) is -0.0541. The molecule has 0 saturated carbocycles. The average molecular weight is 1050 g/mol. The summed E-state index contributed by atoms with van der Waals surface area (Å²) >= 11 is 0. The van der Waals surface area contributed by atoms with Gasteiger partial charge in [-0.2, -0.15) is 0 Å². The van der Waals surface area contributed by atoms with Crippen LogP contribution in [-0.4, -0.2) is 160 Å². The summed E-state index contributed by atoms with van der Waals surface area (Å²) in [6, 6.07) is 0. The molecule has 0 aromatic carbocycles. The fraction of sp³-hybridized carbons (Fsp3) is 0.625. The number of fused-ring (bicyclic) bond motifs is 2. The number of carbonyl (C=O) groups excluding carboxylic acids is 10. The van der Waals surface area contributed by atoms with Crippen molar-refractivity contribution in [2.75, 3.05) is 26.4 Å². The SMILES string of the molecule is C=C[C@H]1[C@H](O[C@@H]2O[C@H](COC(C)=O)[C@@H](OC(C)=O)[C@H](OC(C)=O)[C@H]2OC(C)=O)OC=C2C(=O)OCC[C@@H]3C(=CO[C@@H](O[C@@H]4O[C@H](COC(C)=O)[C@@H](OC(C)=O)[C@H](OC(C)=O)[C@H]4OC(C)=O)[C@@H]3C=C)C(=O)OCC[C@H]21. The lowest BCUT2D eigenvalue weighted by atomic mass is 9.81. The van der Waals surface area contributed by atoms with Gasteiger partial charge in [0.2, 0.25) is 25.2 Å². The third kappa shape index (κ3) is 15.1.